The summed E-state index contributed by atoms with van der Waals surface area (Å²) in [4.78, 5) is 24.2. The van der Waals surface area contributed by atoms with Gasteiger partial charge in [-0.15, -0.1) is 0 Å². The van der Waals surface area contributed by atoms with Gasteiger partial charge in [0, 0.05) is 18.8 Å². The van der Waals surface area contributed by atoms with Crippen molar-refractivity contribution in [2.75, 3.05) is 6.61 Å². The zero-order valence-corrected chi connectivity index (χ0v) is 15.2. The van der Waals surface area contributed by atoms with E-state index in [0.717, 1.165) is 50.4 Å². The van der Waals surface area contributed by atoms with E-state index in [4.69, 9.17) is 0 Å². The van der Waals surface area contributed by atoms with Gasteiger partial charge in [0.1, 0.15) is 12.4 Å². The summed E-state index contributed by atoms with van der Waals surface area (Å²) in [5.41, 5.74) is 0.450. The van der Waals surface area contributed by atoms with E-state index in [0.29, 0.717) is 23.0 Å². The van der Waals surface area contributed by atoms with Crippen LogP contribution < -0.4 is 0 Å². The van der Waals surface area contributed by atoms with Gasteiger partial charge < -0.3 is 5.11 Å². The molecular weight excluding hydrogens is 300 g/mol. The van der Waals surface area contributed by atoms with Crippen molar-refractivity contribution in [3.8, 4) is 0 Å². The minimum absolute atomic E-state index is 0.0709. The molecule has 0 amide bonds. The van der Waals surface area contributed by atoms with Gasteiger partial charge in [0.05, 0.1) is 0 Å². The van der Waals surface area contributed by atoms with Crippen LogP contribution in [0.2, 0.25) is 0 Å². The number of carbonyl (C=O) groups is 2. The number of ketones is 2. The maximum Gasteiger partial charge on any atom is 0.161 e. The summed E-state index contributed by atoms with van der Waals surface area (Å²) in [5.74, 6) is 3.34. The lowest BCUT2D eigenvalue weighted by Gasteiger charge is -2.60. The van der Waals surface area contributed by atoms with Gasteiger partial charge in [-0.05, 0) is 79.4 Å². The molecule has 0 spiro atoms. The molecule has 0 bridgehead atoms. The fourth-order valence-corrected chi connectivity index (χ4v) is 7.68. The number of Topliss-reactive ketones (excluding diaryl/α,β-unsaturated/α-hetero) is 2. The van der Waals surface area contributed by atoms with Gasteiger partial charge in [0.2, 0.25) is 0 Å². The highest BCUT2D eigenvalue weighted by molar-refractivity contribution is 5.83. The van der Waals surface area contributed by atoms with Gasteiger partial charge in [0.15, 0.2) is 5.78 Å². The smallest absolute Gasteiger partial charge is 0.161 e. The molecule has 0 saturated heterocycles. The van der Waals surface area contributed by atoms with Gasteiger partial charge >= 0.3 is 0 Å². The number of hydrogen-bond donors (Lipinski definition) is 1. The Hall–Kier alpha value is -0.700. The first-order chi connectivity index (χ1) is 11.4. The van der Waals surface area contributed by atoms with Crippen LogP contribution in [0.25, 0.3) is 0 Å². The number of rotatable bonds is 2. The highest BCUT2D eigenvalue weighted by Crippen LogP contribution is 2.67. The predicted molar refractivity (Wildman–Crippen MR) is 92.3 cm³/mol. The van der Waals surface area contributed by atoms with E-state index < -0.39 is 0 Å². The number of fused-ring (bicyclic) bond motifs is 5. The number of aliphatic hydroxyl groups excluding tert-OH is 1. The normalized spacial score (nSPS) is 50.8. The Labute approximate surface area is 145 Å². The molecule has 1 N–H and O–H groups in total. The van der Waals surface area contributed by atoms with E-state index in [1.165, 1.54) is 19.3 Å². The van der Waals surface area contributed by atoms with Crippen LogP contribution in [0.15, 0.2) is 0 Å². The van der Waals surface area contributed by atoms with Crippen LogP contribution in [0.1, 0.15) is 71.6 Å². The summed E-state index contributed by atoms with van der Waals surface area (Å²) in [7, 11) is 0. The number of aliphatic hydroxyl groups is 1. The molecule has 4 aliphatic carbocycles. The first-order valence-corrected chi connectivity index (χ1v) is 10.1. The molecule has 0 radical (unpaired) electrons. The van der Waals surface area contributed by atoms with Crippen LogP contribution in [-0.4, -0.2) is 23.3 Å². The standard InChI is InChI=1S/C21H32O3/c1-20-9-7-14(23)11-13(20)3-4-15-16-5-6-18(19(24)12-22)21(16,2)10-8-17(15)20/h13,15-18,22H,3-12H2,1-2H3. The molecule has 4 rings (SSSR count). The second kappa shape index (κ2) is 5.65. The minimum Gasteiger partial charge on any atom is -0.389 e. The molecule has 7 atom stereocenters. The van der Waals surface area contributed by atoms with Crippen molar-refractivity contribution in [3.05, 3.63) is 0 Å². The molecule has 134 valence electrons. The molecule has 0 heterocycles. The second-order valence-electron chi connectivity index (χ2n) is 9.70. The van der Waals surface area contributed by atoms with E-state index in [2.05, 4.69) is 13.8 Å². The van der Waals surface area contributed by atoms with Crippen LogP contribution in [0.3, 0.4) is 0 Å². The van der Waals surface area contributed by atoms with E-state index in [1.807, 2.05) is 0 Å². The molecule has 0 aromatic carbocycles. The summed E-state index contributed by atoms with van der Waals surface area (Å²) >= 11 is 0. The largest absolute Gasteiger partial charge is 0.389 e. The van der Waals surface area contributed by atoms with E-state index in [-0.39, 0.29) is 23.7 Å². The van der Waals surface area contributed by atoms with Crippen molar-refractivity contribution >= 4 is 11.6 Å². The summed E-state index contributed by atoms with van der Waals surface area (Å²) in [6.45, 7) is 4.51. The molecule has 4 saturated carbocycles. The van der Waals surface area contributed by atoms with Crippen LogP contribution in [-0.2, 0) is 9.59 Å². The lowest BCUT2D eigenvalue weighted by Crippen LogP contribution is -2.54. The van der Waals surface area contributed by atoms with Gasteiger partial charge in [-0.25, -0.2) is 0 Å². The molecule has 7 unspecified atom stereocenters. The Balaban J connectivity index is 1.61. The fraction of sp³-hybridized carbons (Fsp3) is 0.905. The maximum absolute atomic E-state index is 12.3. The monoisotopic (exact) mass is 332 g/mol. The van der Waals surface area contributed by atoms with Crippen molar-refractivity contribution in [2.45, 2.75) is 71.6 Å². The van der Waals surface area contributed by atoms with Gasteiger partial charge in [0.25, 0.3) is 0 Å². The first-order valence-electron chi connectivity index (χ1n) is 10.1. The molecule has 0 aromatic heterocycles. The fourth-order valence-electron chi connectivity index (χ4n) is 7.68. The Morgan fingerprint density at radius 2 is 1.79 bits per heavy atom. The topological polar surface area (TPSA) is 54.4 Å². The molecule has 0 aromatic rings. The van der Waals surface area contributed by atoms with Crippen LogP contribution in [0.4, 0.5) is 0 Å². The average Bonchev–Trinajstić information content (AvgIpc) is 2.92. The summed E-state index contributed by atoms with van der Waals surface area (Å²) < 4.78 is 0. The zero-order chi connectivity index (χ0) is 17.1. The third kappa shape index (κ3) is 2.19. The Morgan fingerprint density at radius 1 is 1.04 bits per heavy atom. The van der Waals surface area contributed by atoms with Crippen LogP contribution in [0.5, 0.6) is 0 Å². The van der Waals surface area contributed by atoms with Gasteiger partial charge in [-0.3, -0.25) is 9.59 Å². The lowest BCUT2D eigenvalue weighted by molar-refractivity contribution is -0.144. The summed E-state index contributed by atoms with van der Waals surface area (Å²) in [6, 6.07) is 0. The van der Waals surface area contributed by atoms with E-state index in [1.54, 1.807) is 0 Å². The third-order valence-corrected chi connectivity index (χ3v) is 9.03. The third-order valence-electron chi connectivity index (χ3n) is 9.03. The first kappa shape index (κ1) is 16.8. The molecule has 0 aliphatic heterocycles. The van der Waals surface area contributed by atoms with Gasteiger partial charge in [-0.2, -0.15) is 0 Å². The number of hydrogen-bond acceptors (Lipinski definition) is 3. The zero-order valence-electron chi connectivity index (χ0n) is 15.2. The molecular formula is C21H32O3. The van der Waals surface area contributed by atoms with Crippen molar-refractivity contribution in [1.82, 2.24) is 0 Å². The minimum atomic E-state index is -0.289. The van der Waals surface area contributed by atoms with Crippen LogP contribution in [0, 0.1) is 40.4 Å². The van der Waals surface area contributed by atoms with Crippen molar-refractivity contribution < 1.29 is 14.7 Å². The summed E-state index contributed by atoms with van der Waals surface area (Å²) in [6.07, 6.45) is 9.61. The summed E-state index contributed by atoms with van der Waals surface area (Å²) in [5, 5.41) is 9.37. The van der Waals surface area contributed by atoms with Crippen molar-refractivity contribution in [3.63, 3.8) is 0 Å². The second-order valence-corrected chi connectivity index (χ2v) is 9.70. The maximum atomic E-state index is 12.3. The SMILES string of the molecule is CC12CCC(=O)CC1CCC1C2CCC2(C)C(C(=O)CO)CCC12. The molecule has 3 nitrogen and oxygen atoms in total. The predicted octanol–water partition coefficient (Wildman–Crippen LogP) is 3.78. The van der Waals surface area contributed by atoms with Crippen LogP contribution >= 0.6 is 0 Å². The van der Waals surface area contributed by atoms with Crippen molar-refractivity contribution in [1.29, 1.82) is 0 Å². The molecule has 4 aliphatic rings. The Morgan fingerprint density at radius 3 is 2.54 bits per heavy atom. The average molecular weight is 332 g/mol. The quantitative estimate of drug-likeness (QED) is 0.837. The highest BCUT2D eigenvalue weighted by Gasteiger charge is 2.60. The molecule has 3 heteroatoms. The lowest BCUT2D eigenvalue weighted by atomic mass is 9.44. The van der Waals surface area contributed by atoms with Gasteiger partial charge in [-0.1, -0.05) is 13.8 Å². The highest BCUT2D eigenvalue weighted by atomic mass is 16.3. The molecule has 4 fully saturated rings. The van der Waals surface area contributed by atoms with E-state index >= 15 is 0 Å². The van der Waals surface area contributed by atoms with Crippen molar-refractivity contribution in [2.24, 2.45) is 40.4 Å². The number of carbonyl (C=O) groups excluding carboxylic acids is 2. The molecule has 24 heavy (non-hydrogen) atoms. The Kier molecular flexibility index (Phi) is 3.95. The van der Waals surface area contributed by atoms with E-state index in [9.17, 15) is 14.7 Å². The Bertz CT molecular complexity index is 555.